The number of hydrogen-bond donors (Lipinski definition) is 1. The SMILES string of the molecule is CCCCC12CCCCC1(C)CCC(CN)C2. The Balaban J connectivity index is 2.16. The van der Waals surface area contributed by atoms with Gasteiger partial charge in [0.25, 0.3) is 0 Å². The molecule has 0 saturated heterocycles. The van der Waals surface area contributed by atoms with Crippen LogP contribution in [0.25, 0.3) is 0 Å². The van der Waals surface area contributed by atoms with Crippen LogP contribution in [0.15, 0.2) is 0 Å². The normalized spacial score (nSPS) is 42.2. The van der Waals surface area contributed by atoms with Gasteiger partial charge in [-0.1, -0.05) is 39.5 Å². The van der Waals surface area contributed by atoms with E-state index < -0.39 is 0 Å². The van der Waals surface area contributed by atoms with E-state index >= 15 is 0 Å². The van der Waals surface area contributed by atoms with E-state index in [9.17, 15) is 0 Å². The van der Waals surface area contributed by atoms with Gasteiger partial charge >= 0.3 is 0 Å². The second-order valence-electron chi connectivity index (χ2n) is 7.00. The number of nitrogens with two attached hydrogens (primary N) is 1. The molecule has 0 aliphatic heterocycles. The Labute approximate surface area is 108 Å². The molecule has 2 aliphatic carbocycles. The first-order valence-corrected chi connectivity index (χ1v) is 7.86. The highest BCUT2D eigenvalue weighted by atomic mass is 14.6. The average molecular weight is 237 g/mol. The Bertz CT molecular complexity index is 250. The van der Waals surface area contributed by atoms with Crippen molar-refractivity contribution in [3.8, 4) is 0 Å². The van der Waals surface area contributed by atoms with Crippen LogP contribution < -0.4 is 5.73 Å². The van der Waals surface area contributed by atoms with Gasteiger partial charge in [-0.25, -0.2) is 0 Å². The fraction of sp³-hybridized carbons (Fsp3) is 1.00. The second-order valence-corrected chi connectivity index (χ2v) is 7.00. The number of fused-ring (bicyclic) bond motifs is 1. The Morgan fingerprint density at radius 1 is 1.18 bits per heavy atom. The maximum atomic E-state index is 5.96. The molecule has 100 valence electrons. The van der Waals surface area contributed by atoms with Crippen molar-refractivity contribution < 1.29 is 0 Å². The van der Waals surface area contributed by atoms with Crippen molar-refractivity contribution >= 4 is 0 Å². The quantitative estimate of drug-likeness (QED) is 0.765. The van der Waals surface area contributed by atoms with Gasteiger partial charge in [0.05, 0.1) is 0 Å². The molecule has 0 amide bonds. The van der Waals surface area contributed by atoms with Crippen LogP contribution >= 0.6 is 0 Å². The predicted octanol–water partition coefficient (Wildman–Crippen LogP) is 4.50. The summed E-state index contributed by atoms with van der Waals surface area (Å²) in [5, 5.41) is 0. The zero-order valence-electron chi connectivity index (χ0n) is 11.9. The molecule has 2 aliphatic rings. The summed E-state index contributed by atoms with van der Waals surface area (Å²) in [6, 6.07) is 0. The highest BCUT2D eigenvalue weighted by molar-refractivity contribution is 5.02. The summed E-state index contributed by atoms with van der Waals surface area (Å²) in [6.07, 6.45) is 14.4. The Hall–Kier alpha value is -0.0400. The Morgan fingerprint density at radius 3 is 2.65 bits per heavy atom. The van der Waals surface area contributed by atoms with E-state index in [4.69, 9.17) is 5.73 Å². The predicted molar refractivity (Wildman–Crippen MR) is 74.9 cm³/mol. The Morgan fingerprint density at radius 2 is 1.94 bits per heavy atom. The molecule has 0 bridgehead atoms. The maximum absolute atomic E-state index is 5.96. The molecule has 1 nitrogen and oxygen atoms in total. The van der Waals surface area contributed by atoms with E-state index in [0.717, 1.165) is 12.5 Å². The lowest BCUT2D eigenvalue weighted by atomic mass is 9.48. The van der Waals surface area contributed by atoms with Crippen molar-refractivity contribution in [2.75, 3.05) is 6.54 Å². The van der Waals surface area contributed by atoms with Crippen molar-refractivity contribution in [2.45, 2.75) is 78.1 Å². The lowest BCUT2D eigenvalue weighted by Gasteiger charge is -2.57. The van der Waals surface area contributed by atoms with Gasteiger partial charge in [0, 0.05) is 0 Å². The van der Waals surface area contributed by atoms with E-state index in [0.29, 0.717) is 10.8 Å². The molecule has 3 atom stereocenters. The highest BCUT2D eigenvalue weighted by Gasteiger charge is 2.51. The van der Waals surface area contributed by atoms with Crippen molar-refractivity contribution in [1.29, 1.82) is 0 Å². The molecule has 2 saturated carbocycles. The standard InChI is InChI=1S/C16H31N/c1-3-4-9-16-10-6-5-8-15(16,2)11-7-14(12-16)13-17/h14H,3-13,17H2,1-2H3. The van der Waals surface area contributed by atoms with E-state index in [2.05, 4.69) is 13.8 Å². The van der Waals surface area contributed by atoms with Crippen LogP contribution in [0.4, 0.5) is 0 Å². The molecule has 0 aromatic heterocycles. The molecule has 3 unspecified atom stereocenters. The monoisotopic (exact) mass is 237 g/mol. The topological polar surface area (TPSA) is 26.0 Å². The molecule has 0 heterocycles. The van der Waals surface area contributed by atoms with E-state index in [1.807, 2.05) is 0 Å². The molecule has 0 aromatic carbocycles. The minimum Gasteiger partial charge on any atom is -0.330 e. The van der Waals surface area contributed by atoms with Crippen LogP contribution in [0.2, 0.25) is 0 Å². The third-order valence-electron chi connectivity index (χ3n) is 6.04. The molecule has 1 heteroatoms. The lowest BCUT2D eigenvalue weighted by Crippen LogP contribution is -2.48. The lowest BCUT2D eigenvalue weighted by molar-refractivity contribution is -0.0684. The zero-order chi connectivity index (χ0) is 12.4. The molecule has 0 radical (unpaired) electrons. The van der Waals surface area contributed by atoms with Crippen LogP contribution in [0.3, 0.4) is 0 Å². The summed E-state index contributed by atoms with van der Waals surface area (Å²) >= 11 is 0. The first-order chi connectivity index (χ1) is 8.16. The van der Waals surface area contributed by atoms with Gasteiger partial charge in [-0.15, -0.1) is 0 Å². The van der Waals surface area contributed by atoms with Crippen LogP contribution in [0.1, 0.15) is 78.1 Å². The van der Waals surface area contributed by atoms with Crippen molar-refractivity contribution in [3.63, 3.8) is 0 Å². The van der Waals surface area contributed by atoms with Gasteiger partial charge in [-0.2, -0.15) is 0 Å². The molecular weight excluding hydrogens is 206 g/mol. The average Bonchev–Trinajstić information content (AvgIpc) is 2.36. The van der Waals surface area contributed by atoms with Gasteiger partial charge in [-0.3, -0.25) is 0 Å². The molecule has 0 aromatic rings. The van der Waals surface area contributed by atoms with Crippen LogP contribution in [-0.4, -0.2) is 6.54 Å². The van der Waals surface area contributed by atoms with Crippen LogP contribution in [0.5, 0.6) is 0 Å². The molecule has 2 fully saturated rings. The van der Waals surface area contributed by atoms with Crippen molar-refractivity contribution in [1.82, 2.24) is 0 Å². The summed E-state index contributed by atoms with van der Waals surface area (Å²) in [7, 11) is 0. The molecule has 17 heavy (non-hydrogen) atoms. The number of unbranched alkanes of at least 4 members (excludes halogenated alkanes) is 1. The first-order valence-electron chi connectivity index (χ1n) is 7.86. The minimum atomic E-state index is 0.645. The fourth-order valence-corrected chi connectivity index (χ4v) is 4.71. The Kier molecular flexibility index (Phi) is 4.18. The minimum absolute atomic E-state index is 0.645. The summed E-state index contributed by atoms with van der Waals surface area (Å²) in [5.41, 5.74) is 7.26. The summed E-state index contributed by atoms with van der Waals surface area (Å²) in [4.78, 5) is 0. The van der Waals surface area contributed by atoms with Crippen molar-refractivity contribution in [2.24, 2.45) is 22.5 Å². The summed E-state index contributed by atoms with van der Waals surface area (Å²) in [5.74, 6) is 0.818. The van der Waals surface area contributed by atoms with Gasteiger partial charge in [0.15, 0.2) is 0 Å². The van der Waals surface area contributed by atoms with Crippen molar-refractivity contribution in [3.05, 3.63) is 0 Å². The van der Waals surface area contributed by atoms with Gasteiger partial charge < -0.3 is 5.73 Å². The van der Waals surface area contributed by atoms with E-state index in [1.54, 1.807) is 0 Å². The molecule has 2 rings (SSSR count). The van der Waals surface area contributed by atoms with Gasteiger partial charge in [0.1, 0.15) is 0 Å². The summed E-state index contributed by atoms with van der Waals surface area (Å²) < 4.78 is 0. The van der Waals surface area contributed by atoms with Gasteiger partial charge in [-0.05, 0) is 61.8 Å². The smallest absolute Gasteiger partial charge is 0.00487 e. The molecule has 2 N–H and O–H groups in total. The van der Waals surface area contributed by atoms with E-state index in [-0.39, 0.29) is 0 Å². The van der Waals surface area contributed by atoms with E-state index in [1.165, 1.54) is 64.2 Å². The fourth-order valence-electron chi connectivity index (χ4n) is 4.71. The molecule has 0 spiro atoms. The maximum Gasteiger partial charge on any atom is -0.00487 e. The largest absolute Gasteiger partial charge is 0.330 e. The second kappa shape index (κ2) is 5.30. The van der Waals surface area contributed by atoms with Crippen LogP contribution in [0, 0.1) is 16.7 Å². The first kappa shape index (κ1) is 13.4. The van der Waals surface area contributed by atoms with Gasteiger partial charge in [0.2, 0.25) is 0 Å². The zero-order valence-corrected chi connectivity index (χ0v) is 11.9. The third-order valence-corrected chi connectivity index (χ3v) is 6.04. The number of rotatable bonds is 4. The molecular formula is C16H31N. The summed E-state index contributed by atoms with van der Waals surface area (Å²) in [6.45, 7) is 5.85. The van der Waals surface area contributed by atoms with Crippen LogP contribution in [-0.2, 0) is 0 Å². The highest BCUT2D eigenvalue weighted by Crippen LogP contribution is 2.62. The number of hydrogen-bond acceptors (Lipinski definition) is 1. The third kappa shape index (κ3) is 2.41.